The molecule has 1 aliphatic rings. The van der Waals surface area contributed by atoms with Crippen LogP contribution in [0.5, 0.6) is 0 Å². The second-order valence-electron chi connectivity index (χ2n) is 4.17. The molecule has 0 saturated carbocycles. The lowest BCUT2D eigenvalue weighted by Crippen LogP contribution is -2.17. The summed E-state index contributed by atoms with van der Waals surface area (Å²) >= 11 is 0. The highest BCUT2D eigenvalue weighted by Gasteiger charge is 2.11. The van der Waals surface area contributed by atoms with Crippen LogP contribution in [0, 0.1) is 0 Å². The van der Waals surface area contributed by atoms with E-state index in [1.54, 1.807) is 0 Å². The predicted molar refractivity (Wildman–Crippen MR) is 66.7 cm³/mol. The monoisotopic (exact) mass is 204 g/mol. The summed E-state index contributed by atoms with van der Waals surface area (Å²) < 4.78 is 0. The van der Waals surface area contributed by atoms with Gasteiger partial charge < -0.3 is 10.2 Å². The van der Waals surface area contributed by atoms with E-state index in [0.29, 0.717) is 0 Å². The first-order valence-electron chi connectivity index (χ1n) is 5.99. The molecule has 82 valence electrons. The molecular weight excluding hydrogens is 184 g/mol. The van der Waals surface area contributed by atoms with E-state index in [-0.39, 0.29) is 0 Å². The smallest absolute Gasteiger partial charge is 0.0386 e. The van der Waals surface area contributed by atoms with Crippen LogP contribution in [-0.2, 0) is 0 Å². The Morgan fingerprint density at radius 3 is 2.80 bits per heavy atom. The summed E-state index contributed by atoms with van der Waals surface area (Å²) in [6.07, 6.45) is 3.85. The average molecular weight is 204 g/mol. The minimum atomic E-state index is 1.06. The van der Waals surface area contributed by atoms with Gasteiger partial charge in [0.2, 0.25) is 0 Å². The van der Waals surface area contributed by atoms with Crippen molar-refractivity contribution in [2.24, 2.45) is 0 Å². The van der Waals surface area contributed by atoms with Gasteiger partial charge in [-0.2, -0.15) is 0 Å². The molecule has 0 radical (unpaired) electrons. The predicted octanol–water partition coefficient (Wildman–Crippen LogP) is 3.11. The van der Waals surface area contributed by atoms with Gasteiger partial charge in [-0.05, 0) is 37.5 Å². The molecule has 1 aromatic rings. The van der Waals surface area contributed by atoms with Crippen molar-refractivity contribution in [2.75, 3.05) is 29.9 Å². The third-order valence-corrected chi connectivity index (χ3v) is 2.90. The Balaban J connectivity index is 2.04. The highest BCUT2D eigenvalue weighted by molar-refractivity contribution is 5.58. The quantitative estimate of drug-likeness (QED) is 0.810. The van der Waals surface area contributed by atoms with Crippen molar-refractivity contribution in [2.45, 2.75) is 26.2 Å². The van der Waals surface area contributed by atoms with E-state index in [4.69, 9.17) is 0 Å². The third-order valence-electron chi connectivity index (χ3n) is 2.90. The summed E-state index contributed by atoms with van der Waals surface area (Å²) in [4.78, 5) is 2.47. The summed E-state index contributed by atoms with van der Waals surface area (Å²) in [6.45, 7) is 5.69. The van der Waals surface area contributed by atoms with E-state index in [1.807, 2.05) is 0 Å². The maximum Gasteiger partial charge on any atom is 0.0386 e. The van der Waals surface area contributed by atoms with Crippen LogP contribution < -0.4 is 10.2 Å². The fraction of sp³-hybridized carbons (Fsp3) is 0.538. The summed E-state index contributed by atoms with van der Waals surface area (Å²) in [5.74, 6) is 0. The average Bonchev–Trinajstić information content (AvgIpc) is 2.80. The molecule has 1 saturated heterocycles. The van der Waals surface area contributed by atoms with Gasteiger partial charge in [0.1, 0.15) is 0 Å². The minimum absolute atomic E-state index is 1.06. The summed E-state index contributed by atoms with van der Waals surface area (Å²) in [5.41, 5.74) is 2.62. The van der Waals surface area contributed by atoms with Crippen molar-refractivity contribution in [3.8, 4) is 0 Å². The molecule has 0 aromatic heterocycles. The van der Waals surface area contributed by atoms with Gasteiger partial charge in [-0.1, -0.05) is 13.0 Å². The molecule has 2 rings (SSSR count). The lowest BCUT2D eigenvalue weighted by atomic mass is 10.2. The van der Waals surface area contributed by atoms with Crippen LogP contribution in [-0.4, -0.2) is 19.6 Å². The van der Waals surface area contributed by atoms with Crippen molar-refractivity contribution in [1.82, 2.24) is 0 Å². The summed E-state index contributed by atoms with van der Waals surface area (Å²) in [5, 5.41) is 3.43. The number of anilines is 2. The molecule has 1 fully saturated rings. The molecule has 0 spiro atoms. The minimum Gasteiger partial charge on any atom is -0.385 e. The maximum atomic E-state index is 3.43. The molecule has 2 nitrogen and oxygen atoms in total. The van der Waals surface area contributed by atoms with Crippen molar-refractivity contribution in [3.05, 3.63) is 24.3 Å². The zero-order valence-corrected chi connectivity index (χ0v) is 9.50. The lowest BCUT2D eigenvalue weighted by molar-refractivity contribution is 0.949. The Labute approximate surface area is 92.3 Å². The van der Waals surface area contributed by atoms with E-state index < -0.39 is 0 Å². The first kappa shape index (κ1) is 10.3. The van der Waals surface area contributed by atoms with Gasteiger partial charge in [-0.25, -0.2) is 0 Å². The van der Waals surface area contributed by atoms with E-state index in [0.717, 1.165) is 6.54 Å². The van der Waals surface area contributed by atoms with Gasteiger partial charge >= 0.3 is 0 Å². The second-order valence-corrected chi connectivity index (χ2v) is 4.17. The number of hydrogen-bond donors (Lipinski definition) is 1. The SMILES string of the molecule is CCCNc1cccc(N2CCCC2)c1. The third kappa shape index (κ3) is 2.65. The topological polar surface area (TPSA) is 15.3 Å². The van der Waals surface area contributed by atoms with E-state index in [9.17, 15) is 0 Å². The van der Waals surface area contributed by atoms with Crippen LogP contribution in [0.2, 0.25) is 0 Å². The molecule has 2 heteroatoms. The molecule has 1 heterocycles. The number of rotatable bonds is 4. The zero-order valence-electron chi connectivity index (χ0n) is 9.50. The molecule has 0 amide bonds. The highest BCUT2D eigenvalue weighted by atomic mass is 15.1. The van der Waals surface area contributed by atoms with Crippen LogP contribution in [0.15, 0.2) is 24.3 Å². The van der Waals surface area contributed by atoms with Crippen LogP contribution in [0.4, 0.5) is 11.4 Å². The molecule has 1 aliphatic heterocycles. The summed E-state index contributed by atoms with van der Waals surface area (Å²) in [6, 6.07) is 8.77. The van der Waals surface area contributed by atoms with E-state index in [1.165, 1.54) is 43.7 Å². The van der Waals surface area contributed by atoms with Crippen LogP contribution >= 0.6 is 0 Å². The van der Waals surface area contributed by atoms with E-state index >= 15 is 0 Å². The Hall–Kier alpha value is -1.18. The fourth-order valence-electron chi connectivity index (χ4n) is 2.06. The summed E-state index contributed by atoms with van der Waals surface area (Å²) in [7, 11) is 0. The van der Waals surface area contributed by atoms with E-state index in [2.05, 4.69) is 41.4 Å². The molecule has 0 bridgehead atoms. The van der Waals surface area contributed by atoms with Gasteiger partial charge in [0.15, 0.2) is 0 Å². The molecule has 15 heavy (non-hydrogen) atoms. The highest BCUT2D eigenvalue weighted by Crippen LogP contribution is 2.23. The van der Waals surface area contributed by atoms with Gasteiger partial charge in [0.05, 0.1) is 0 Å². The first-order chi connectivity index (χ1) is 7.40. The van der Waals surface area contributed by atoms with Gasteiger partial charge in [0.25, 0.3) is 0 Å². The van der Waals surface area contributed by atoms with Crippen molar-refractivity contribution >= 4 is 11.4 Å². The molecule has 1 N–H and O–H groups in total. The lowest BCUT2D eigenvalue weighted by Gasteiger charge is -2.18. The molecule has 0 atom stereocenters. The maximum absolute atomic E-state index is 3.43. The Bertz CT molecular complexity index is 303. The number of nitrogens with zero attached hydrogens (tertiary/aromatic N) is 1. The van der Waals surface area contributed by atoms with Crippen LogP contribution in [0.3, 0.4) is 0 Å². The normalized spacial score (nSPS) is 15.7. The van der Waals surface area contributed by atoms with Crippen molar-refractivity contribution in [1.29, 1.82) is 0 Å². The Morgan fingerprint density at radius 2 is 2.07 bits per heavy atom. The molecule has 1 aromatic carbocycles. The van der Waals surface area contributed by atoms with Gasteiger partial charge in [-0.3, -0.25) is 0 Å². The van der Waals surface area contributed by atoms with Gasteiger partial charge in [-0.15, -0.1) is 0 Å². The van der Waals surface area contributed by atoms with Crippen LogP contribution in [0.1, 0.15) is 26.2 Å². The molecule has 0 unspecified atom stereocenters. The second kappa shape index (κ2) is 5.06. The zero-order chi connectivity index (χ0) is 10.5. The molecule has 0 aliphatic carbocycles. The molecular formula is C13H20N2. The Kier molecular flexibility index (Phi) is 3.49. The Morgan fingerprint density at radius 1 is 1.27 bits per heavy atom. The number of benzene rings is 1. The van der Waals surface area contributed by atoms with Crippen molar-refractivity contribution in [3.63, 3.8) is 0 Å². The standard InChI is InChI=1S/C13H20N2/c1-2-8-14-12-6-5-7-13(11-12)15-9-3-4-10-15/h5-7,11,14H,2-4,8-10H2,1H3. The van der Waals surface area contributed by atoms with Crippen LogP contribution in [0.25, 0.3) is 0 Å². The number of nitrogens with one attached hydrogen (secondary N) is 1. The first-order valence-corrected chi connectivity index (χ1v) is 5.99. The number of hydrogen-bond acceptors (Lipinski definition) is 2. The van der Waals surface area contributed by atoms with Crippen molar-refractivity contribution < 1.29 is 0 Å². The largest absolute Gasteiger partial charge is 0.385 e. The fourth-order valence-corrected chi connectivity index (χ4v) is 2.06. The van der Waals surface area contributed by atoms with Gasteiger partial charge in [0, 0.05) is 31.0 Å².